The molecule has 0 unspecified atom stereocenters. The van der Waals surface area contributed by atoms with Crippen LogP contribution in [0.3, 0.4) is 0 Å². The Labute approximate surface area is 107 Å². The summed E-state index contributed by atoms with van der Waals surface area (Å²) in [7, 11) is 1.82. The monoisotopic (exact) mass is 242 g/mol. The van der Waals surface area contributed by atoms with Crippen LogP contribution in [0.4, 0.5) is 17.3 Å². The minimum absolute atomic E-state index is 0.548. The van der Waals surface area contributed by atoms with E-state index in [0.29, 0.717) is 5.92 Å². The van der Waals surface area contributed by atoms with Gasteiger partial charge in [0.25, 0.3) is 0 Å². The fraction of sp³-hybridized carbons (Fsp3) is 0.286. The summed E-state index contributed by atoms with van der Waals surface area (Å²) in [4.78, 5) is 8.47. The maximum absolute atomic E-state index is 4.36. The van der Waals surface area contributed by atoms with E-state index in [-0.39, 0.29) is 0 Å². The van der Waals surface area contributed by atoms with Gasteiger partial charge in [-0.05, 0) is 23.6 Å². The maximum Gasteiger partial charge on any atom is 0.151 e. The Morgan fingerprint density at radius 2 is 1.67 bits per heavy atom. The van der Waals surface area contributed by atoms with Crippen LogP contribution in [0.1, 0.15) is 25.3 Å². The fourth-order valence-electron chi connectivity index (χ4n) is 1.65. The molecule has 0 atom stereocenters. The van der Waals surface area contributed by atoms with Gasteiger partial charge in [-0.2, -0.15) is 0 Å². The number of hydrogen-bond acceptors (Lipinski definition) is 4. The highest BCUT2D eigenvalue weighted by molar-refractivity contribution is 5.57. The first-order valence-corrected chi connectivity index (χ1v) is 6.06. The summed E-state index contributed by atoms with van der Waals surface area (Å²) in [6.45, 7) is 4.37. The molecule has 0 saturated heterocycles. The second kappa shape index (κ2) is 5.49. The van der Waals surface area contributed by atoms with Crippen LogP contribution in [0.25, 0.3) is 0 Å². The van der Waals surface area contributed by atoms with Crippen molar-refractivity contribution in [3.8, 4) is 0 Å². The number of nitrogens with zero attached hydrogens (tertiary/aromatic N) is 2. The SMILES string of the molecule is CNc1cncc(Nc2ccc(C(C)C)cc2)n1. The van der Waals surface area contributed by atoms with Gasteiger partial charge < -0.3 is 10.6 Å². The zero-order valence-corrected chi connectivity index (χ0v) is 10.9. The number of hydrogen-bond donors (Lipinski definition) is 2. The zero-order chi connectivity index (χ0) is 13.0. The predicted molar refractivity (Wildman–Crippen MR) is 75.4 cm³/mol. The molecule has 0 bridgehead atoms. The van der Waals surface area contributed by atoms with Crippen LogP contribution in [-0.4, -0.2) is 17.0 Å². The molecule has 0 radical (unpaired) electrons. The molecule has 0 saturated carbocycles. The van der Waals surface area contributed by atoms with E-state index in [4.69, 9.17) is 0 Å². The van der Waals surface area contributed by atoms with Crippen molar-refractivity contribution in [1.29, 1.82) is 0 Å². The maximum atomic E-state index is 4.36. The van der Waals surface area contributed by atoms with Crippen molar-refractivity contribution < 1.29 is 0 Å². The van der Waals surface area contributed by atoms with Crippen molar-refractivity contribution in [2.75, 3.05) is 17.7 Å². The van der Waals surface area contributed by atoms with Crippen LogP contribution in [0.5, 0.6) is 0 Å². The smallest absolute Gasteiger partial charge is 0.151 e. The summed E-state index contributed by atoms with van der Waals surface area (Å²) in [6.07, 6.45) is 3.39. The second-order valence-electron chi connectivity index (χ2n) is 4.44. The molecule has 0 aliphatic carbocycles. The summed E-state index contributed by atoms with van der Waals surface area (Å²) in [5.74, 6) is 2.03. The molecular weight excluding hydrogens is 224 g/mol. The van der Waals surface area contributed by atoms with Gasteiger partial charge in [-0.15, -0.1) is 0 Å². The molecule has 1 aromatic carbocycles. The molecule has 0 aliphatic heterocycles. The molecule has 4 nitrogen and oxygen atoms in total. The summed E-state index contributed by atoms with van der Waals surface area (Å²) in [5, 5.41) is 6.19. The third-order valence-corrected chi connectivity index (χ3v) is 2.74. The van der Waals surface area contributed by atoms with Gasteiger partial charge in [0, 0.05) is 12.7 Å². The Morgan fingerprint density at radius 1 is 1.00 bits per heavy atom. The third kappa shape index (κ3) is 2.97. The van der Waals surface area contributed by atoms with E-state index in [2.05, 4.69) is 58.7 Å². The average Bonchev–Trinajstić information content (AvgIpc) is 2.39. The van der Waals surface area contributed by atoms with Gasteiger partial charge in [0.1, 0.15) is 5.82 Å². The summed E-state index contributed by atoms with van der Waals surface area (Å²) >= 11 is 0. The van der Waals surface area contributed by atoms with Crippen LogP contribution >= 0.6 is 0 Å². The Bertz CT molecular complexity index is 505. The van der Waals surface area contributed by atoms with Crippen LogP contribution in [0.15, 0.2) is 36.7 Å². The fourth-order valence-corrected chi connectivity index (χ4v) is 1.65. The molecule has 2 rings (SSSR count). The highest BCUT2D eigenvalue weighted by atomic mass is 15.1. The molecule has 0 spiro atoms. The van der Waals surface area contributed by atoms with Crippen LogP contribution < -0.4 is 10.6 Å². The standard InChI is InChI=1S/C14H18N4/c1-10(2)11-4-6-12(7-5-11)17-14-9-16-8-13(15-3)18-14/h4-10H,1-3H3,(H2,15,17,18). The number of benzene rings is 1. The zero-order valence-electron chi connectivity index (χ0n) is 10.9. The van der Waals surface area contributed by atoms with E-state index in [9.17, 15) is 0 Å². The molecule has 2 N–H and O–H groups in total. The lowest BCUT2D eigenvalue weighted by Gasteiger charge is -2.09. The molecule has 1 aromatic heterocycles. The lowest BCUT2D eigenvalue weighted by Crippen LogP contribution is -1.99. The van der Waals surface area contributed by atoms with Gasteiger partial charge in [-0.25, -0.2) is 4.98 Å². The molecule has 4 heteroatoms. The van der Waals surface area contributed by atoms with Crippen LogP contribution in [0.2, 0.25) is 0 Å². The van der Waals surface area contributed by atoms with Crippen molar-refractivity contribution >= 4 is 17.3 Å². The highest BCUT2D eigenvalue weighted by Crippen LogP contribution is 2.19. The molecular formula is C14H18N4. The minimum atomic E-state index is 0.548. The topological polar surface area (TPSA) is 49.8 Å². The van der Waals surface area contributed by atoms with Crippen LogP contribution in [-0.2, 0) is 0 Å². The first kappa shape index (κ1) is 12.4. The van der Waals surface area contributed by atoms with Crippen molar-refractivity contribution in [2.24, 2.45) is 0 Å². The normalized spacial score (nSPS) is 10.4. The molecule has 0 fully saturated rings. The van der Waals surface area contributed by atoms with Crippen molar-refractivity contribution in [3.63, 3.8) is 0 Å². The van der Waals surface area contributed by atoms with Gasteiger partial charge in [-0.3, -0.25) is 4.98 Å². The van der Waals surface area contributed by atoms with Gasteiger partial charge in [0.15, 0.2) is 5.82 Å². The summed E-state index contributed by atoms with van der Waals surface area (Å²) in [5.41, 5.74) is 2.34. The minimum Gasteiger partial charge on any atom is -0.372 e. The lowest BCUT2D eigenvalue weighted by atomic mass is 10.0. The van der Waals surface area contributed by atoms with E-state index < -0.39 is 0 Å². The predicted octanol–water partition coefficient (Wildman–Crippen LogP) is 3.39. The average molecular weight is 242 g/mol. The molecule has 1 heterocycles. The number of aromatic nitrogens is 2. The van der Waals surface area contributed by atoms with Crippen molar-refractivity contribution in [3.05, 3.63) is 42.2 Å². The second-order valence-corrected chi connectivity index (χ2v) is 4.44. The molecule has 0 aliphatic rings. The van der Waals surface area contributed by atoms with E-state index in [1.54, 1.807) is 12.4 Å². The van der Waals surface area contributed by atoms with E-state index in [1.165, 1.54) is 5.56 Å². The molecule has 18 heavy (non-hydrogen) atoms. The Balaban J connectivity index is 2.13. The largest absolute Gasteiger partial charge is 0.372 e. The number of anilines is 3. The first-order chi connectivity index (χ1) is 8.69. The van der Waals surface area contributed by atoms with Gasteiger partial charge in [0.2, 0.25) is 0 Å². The van der Waals surface area contributed by atoms with E-state index in [0.717, 1.165) is 17.3 Å². The van der Waals surface area contributed by atoms with Crippen molar-refractivity contribution in [2.45, 2.75) is 19.8 Å². The Kier molecular flexibility index (Phi) is 3.77. The lowest BCUT2D eigenvalue weighted by molar-refractivity contribution is 0.867. The van der Waals surface area contributed by atoms with E-state index in [1.807, 2.05) is 7.05 Å². The summed E-state index contributed by atoms with van der Waals surface area (Å²) < 4.78 is 0. The number of nitrogens with one attached hydrogen (secondary N) is 2. The Hall–Kier alpha value is -2.10. The molecule has 0 amide bonds. The van der Waals surface area contributed by atoms with E-state index >= 15 is 0 Å². The molecule has 2 aromatic rings. The van der Waals surface area contributed by atoms with Gasteiger partial charge >= 0.3 is 0 Å². The molecule has 94 valence electrons. The first-order valence-electron chi connectivity index (χ1n) is 6.06. The van der Waals surface area contributed by atoms with Gasteiger partial charge in [-0.1, -0.05) is 26.0 Å². The highest BCUT2D eigenvalue weighted by Gasteiger charge is 2.01. The Morgan fingerprint density at radius 3 is 2.28 bits per heavy atom. The third-order valence-electron chi connectivity index (χ3n) is 2.74. The summed E-state index contributed by atoms with van der Waals surface area (Å²) in [6, 6.07) is 8.37. The van der Waals surface area contributed by atoms with Crippen molar-refractivity contribution in [1.82, 2.24) is 9.97 Å². The van der Waals surface area contributed by atoms with Gasteiger partial charge in [0.05, 0.1) is 12.4 Å². The quantitative estimate of drug-likeness (QED) is 0.863. The number of rotatable bonds is 4. The van der Waals surface area contributed by atoms with Crippen LogP contribution in [0, 0.1) is 0 Å².